The summed E-state index contributed by atoms with van der Waals surface area (Å²) in [5.41, 5.74) is 4.93. The molecular weight excluding hydrogens is 230 g/mol. The molecule has 0 bridgehead atoms. The minimum Gasteiger partial charge on any atom is -0.449 e. The van der Waals surface area contributed by atoms with Crippen LogP contribution in [0.1, 0.15) is 32.1 Å². The number of hydrogen-bond acceptors (Lipinski definition) is 3. The molecule has 0 aromatic heterocycles. The molecule has 1 saturated carbocycles. The number of rotatable bonds is 5. The number of primary amides is 1. The molecule has 2 atom stereocenters. The SMILES string of the molecule is NC(=O)OCC(CCCl)C1CCCC(=O)C1. The fraction of sp³-hybridized carbons (Fsp3) is 0.818. The molecule has 0 radical (unpaired) electrons. The molecule has 0 heterocycles. The van der Waals surface area contributed by atoms with Crippen molar-refractivity contribution in [3.63, 3.8) is 0 Å². The lowest BCUT2D eigenvalue weighted by molar-refractivity contribution is -0.122. The van der Waals surface area contributed by atoms with E-state index >= 15 is 0 Å². The van der Waals surface area contributed by atoms with Gasteiger partial charge in [0.1, 0.15) is 5.78 Å². The summed E-state index contributed by atoms with van der Waals surface area (Å²) in [7, 11) is 0. The van der Waals surface area contributed by atoms with Gasteiger partial charge in [-0.25, -0.2) is 4.79 Å². The van der Waals surface area contributed by atoms with Gasteiger partial charge in [-0.05, 0) is 31.1 Å². The zero-order valence-electron chi connectivity index (χ0n) is 9.28. The minimum absolute atomic E-state index is 0.161. The molecule has 92 valence electrons. The van der Waals surface area contributed by atoms with E-state index in [0.717, 1.165) is 19.3 Å². The monoisotopic (exact) mass is 247 g/mol. The fourth-order valence-corrected chi connectivity index (χ4v) is 2.53. The van der Waals surface area contributed by atoms with Crippen LogP contribution < -0.4 is 5.73 Å². The number of amides is 1. The molecule has 16 heavy (non-hydrogen) atoms. The van der Waals surface area contributed by atoms with E-state index in [4.69, 9.17) is 22.1 Å². The highest BCUT2D eigenvalue weighted by Gasteiger charge is 2.27. The van der Waals surface area contributed by atoms with Gasteiger partial charge in [0.2, 0.25) is 0 Å². The van der Waals surface area contributed by atoms with E-state index in [1.165, 1.54) is 0 Å². The Labute approximate surface area is 100 Å². The van der Waals surface area contributed by atoms with Gasteiger partial charge in [-0.15, -0.1) is 11.6 Å². The summed E-state index contributed by atoms with van der Waals surface area (Å²) in [4.78, 5) is 21.9. The molecule has 4 nitrogen and oxygen atoms in total. The minimum atomic E-state index is -0.762. The standard InChI is InChI=1S/C11H18ClNO3/c12-5-4-9(7-16-11(13)15)8-2-1-3-10(14)6-8/h8-9H,1-7H2,(H2,13,15). The number of carbonyl (C=O) groups excluding carboxylic acids is 2. The van der Waals surface area contributed by atoms with E-state index in [0.29, 0.717) is 30.4 Å². The fourth-order valence-electron chi connectivity index (χ4n) is 2.24. The highest BCUT2D eigenvalue weighted by molar-refractivity contribution is 6.17. The molecule has 1 rings (SSSR count). The summed E-state index contributed by atoms with van der Waals surface area (Å²) < 4.78 is 4.81. The molecule has 1 fully saturated rings. The first-order valence-corrected chi connectivity index (χ1v) is 6.16. The highest BCUT2D eigenvalue weighted by atomic mass is 35.5. The summed E-state index contributed by atoms with van der Waals surface area (Å²) in [6.45, 7) is 0.278. The van der Waals surface area contributed by atoms with Crippen LogP contribution in [0.5, 0.6) is 0 Å². The van der Waals surface area contributed by atoms with Gasteiger partial charge in [-0.1, -0.05) is 0 Å². The Morgan fingerprint density at radius 2 is 2.38 bits per heavy atom. The average Bonchev–Trinajstić information content (AvgIpc) is 2.24. The quantitative estimate of drug-likeness (QED) is 0.757. The molecule has 0 aliphatic heterocycles. The summed E-state index contributed by atoms with van der Waals surface area (Å²) in [5.74, 6) is 1.26. The first kappa shape index (κ1) is 13.3. The average molecular weight is 248 g/mol. The van der Waals surface area contributed by atoms with Crippen LogP contribution >= 0.6 is 11.6 Å². The molecular formula is C11H18ClNO3. The summed E-state index contributed by atoms with van der Waals surface area (Å²) in [5, 5.41) is 0. The molecule has 1 aliphatic carbocycles. The lowest BCUT2D eigenvalue weighted by Gasteiger charge is -2.28. The van der Waals surface area contributed by atoms with Gasteiger partial charge in [0.05, 0.1) is 6.61 Å². The molecule has 0 aromatic rings. The maximum absolute atomic E-state index is 11.4. The van der Waals surface area contributed by atoms with Crippen molar-refractivity contribution in [3.8, 4) is 0 Å². The third kappa shape index (κ3) is 4.39. The van der Waals surface area contributed by atoms with Crippen molar-refractivity contribution in [2.45, 2.75) is 32.1 Å². The lowest BCUT2D eigenvalue weighted by atomic mass is 9.78. The van der Waals surface area contributed by atoms with Gasteiger partial charge < -0.3 is 10.5 Å². The molecule has 5 heteroatoms. The second-order valence-corrected chi connectivity index (χ2v) is 4.64. The van der Waals surface area contributed by atoms with Crippen molar-refractivity contribution >= 4 is 23.5 Å². The Balaban J connectivity index is 2.46. The molecule has 1 aliphatic rings. The van der Waals surface area contributed by atoms with Crippen LogP contribution in [0.4, 0.5) is 4.79 Å². The number of halogens is 1. The normalized spacial score (nSPS) is 22.8. The van der Waals surface area contributed by atoms with Crippen molar-refractivity contribution < 1.29 is 14.3 Å². The van der Waals surface area contributed by atoms with E-state index in [2.05, 4.69) is 0 Å². The van der Waals surface area contributed by atoms with Gasteiger partial charge in [0.25, 0.3) is 0 Å². The Morgan fingerprint density at radius 3 is 2.94 bits per heavy atom. The van der Waals surface area contributed by atoms with Crippen molar-refractivity contribution in [2.24, 2.45) is 17.6 Å². The predicted octanol–water partition coefficient (Wildman–Crippen LogP) is 2.09. The van der Waals surface area contributed by atoms with E-state index in [1.807, 2.05) is 0 Å². The topological polar surface area (TPSA) is 69.4 Å². The third-order valence-corrected chi connectivity index (χ3v) is 3.32. The van der Waals surface area contributed by atoms with E-state index in [1.54, 1.807) is 0 Å². The highest BCUT2D eigenvalue weighted by Crippen LogP contribution is 2.30. The molecule has 1 amide bonds. The number of carbonyl (C=O) groups is 2. The van der Waals surface area contributed by atoms with E-state index < -0.39 is 6.09 Å². The first-order valence-electron chi connectivity index (χ1n) is 5.63. The van der Waals surface area contributed by atoms with Crippen molar-refractivity contribution in [3.05, 3.63) is 0 Å². The Morgan fingerprint density at radius 1 is 1.62 bits per heavy atom. The largest absolute Gasteiger partial charge is 0.449 e. The predicted molar refractivity (Wildman–Crippen MR) is 61.3 cm³/mol. The van der Waals surface area contributed by atoms with Crippen LogP contribution in [0.2, 0.25) is 0 Å². The number of nitrogens with two attached hydrogens (primary N) is 1. The maximum Gasteiger partial charge on any atom is 0.404 e. The smallest absolute Gasteiger partial charge is 0.404 e. The first-order chi connectivity index (χ1) is 7.63. The van der Waals surface area contributed by atoms with Crippen LogP contribution in [0.15, 0.2) is 0 Å². The zero-order valence-corrected chi connectivity index (χ0v) is 10.0. The van der Waals surface area contributed by atoms with Crippen LogP contribution in [0.25, 0.3) is 0 Å². The second kappa shape index (κ2) is 6.74. The van der Waals surface area contributed by atoms with Crippen molar-refractivity contribution in [2.75, 3.05) is 12.5 Å². The molecule has 2 unspecified atom stereocenters. The number of Topliss-reactive ketones (excluding diaryl/α,β-unsaturated/α-hetero) is 1. The van der Waals surface area contributed by atoms with Crippen LogP contribution in [0, 0.1) is 11.8 Å². The molecule has 0 aromatic carbocycles. The summed E-state index contributed by atoms with van der Waals surface area (Å²) in [6.07, 6.45) is 3.20. The number of hydrogen-bond donors (Lipinski definition) is 1. The molecule has 2 N–H and O–H groups in total. The molecule has 0 saturated heterocycles. The Kier molecular flexibility index (Phi) is 5.60. The lowest BCUT2D eigenvalue weighted by Crippen LogP contribution is -2.28. The van der Waals surface area contributed by atoms with E-state index in [9.17, 15) is 9.59 Å². The molecule has 0 spiro atoms. The summed E-state index contributed by atoms with van der Waals surface area (Å²) in [6, 6.07) is 0. The number of ether oxygens (including phenoxy) is 1. The number of alkyl halides is 1. The number of ketones is 1. The van der Waals surface area contributed by atoms with Crippen molar-refractivity contribution in [1.29, 1.82) is 0 Å². The van der Waals surface area contributed by atoms with Gasteiger partial charge in [0.15, 0.2) is 0 Å². The van der Waals surface area contributed by atoms with Gasteiger partial charge in [0, 0.05) is 18.7 Å². The van der Waals surface area contributed by atoms with Crippen LogP contribution in [-0.4, -0.2) is 24.4 Å². The third-order valence-electron chi connectivity index (χ3n) is 3.11. The Hall–Kier alpha value is -0.770. The van der Waals surface area contributed by atoms with Gasteiger partial charge in [-0.3, -0.25) is 4.79 Å². The second-order valence-electron chi connectivity index (χ2n) is 4.26. The summed E-state index contributed by atoms with van der Waals surface area (Å²) >= 11 is 5.71. The van der Waals surface area contributed by atoms with Crippen LogP contribution in [0.3, 0.4) is 0 Å². The zero-order chi connectivity index (χ0) is 12.0. The maximum atomic E-state index is 11.4. The van der Waals surface area contributed by atoms with Gasteiger partial charge in [-0.2, -0.15) is 0 Å². The van der Waals surface area contributed by atoms with Gasteiger partial charge >= 0.3 is 6.09 Å². The van der Waals surface area contributed by atoms with E-state index in [-0.39, 0.29) is 12.5 Å². The Bertz CT molecular complexity index is 258. The van der Waals surface area contributed by atoms with Crippen molar-refractivity contribution in [1.82, 2.24) is 0 Å². The van der Waals surface area contributed by atoms with Crippen LogP contribution in [-0.2, 0) is 9.53 Å².